The fraction of sp³-hybridized carbons (Fsp3) is 0.412. The normalized spacial score (nSPS) is 14.6. The molecule has 0 unspecified atom stereocenters. The molecule has 2 amide bonds. The molecule has 1 atom stereocenters. The van der Waals surface area contributed by atoms with Crippen LogP contribution < -0.4 is 5.32 Å². The van der Waals surface area contributed by atoms with Gasteiger partial charge >= 0.3 is 0 Å². The van der Waals surface area contributed by atoms with Crippen LogP contribution in [-0.4, -0.2) is 28.8 Å². The maximum atomic E-state index is 13.9. The molecule has 0 saturated heterocycles. The Kier molecular flexibility index (Phi) is 10.1. The molecule has 38 heavy (non-hydrogen) atoms. The molecule has 1 saturated carbocycles. The minimum absolute atomic E-state index is 0.0184. The van der Waals surface area contributed by atoms with Crippen molar-refractivity contribution in [1.82, 2.24) is 10.2 Å². The Balaban J connectivity index is 1.58. The molecule has 1 aliphatic rings. The molecule has 4 nitrogen and oxygen atoms in total. The predicted octanol–water partition coefficient (Wildman–Crippen LogP) is 6.58. The number of aryl methyl sites for hydroxylation is 3. The Labute approximate surface area is 228 Å². The van der Waals surface area contributed by atoms with E-state index < -0.39 is 6.04 Å². The molecule has 4 heteroatoms. The molecule has 1 N–H and O–H groups in total. The lowest BCUT2D eigenvalue weighted by Gasteiger charge is -2.33. The van der Waals surface area contributed by atoms with Crippen molar-refractivity contribution in [2.45, 2.75) is 90.3 Å². The quantitative estimate of drug-likeness (QED) is 0.317. The molecule has 0 heterocycles. The summed E-state index contributed by atoms with van der Waals surface area (Å²) in [6, 6.07) is 26.5. The average Bonchev–Trinajstić information content (AvgIpc) is 2.96. The minimum Gasteiger partial charge on any atom is -0.352 e. The van der Waals surface area contributed by atoms with E-state index in [-0.39, 0.29) is 17.9 Å². The third-order valence-corrected chi connectivity index (χ3v) is 7.75. The monoisotopic (exact) mass is 510 g/mol. The van der Waals surface area contributed by atoms with Gasteiger partial charge in [0.2, 0.25) is 11.8 Å². The van der Waals surface area contributed by atoms with Crippen LogP contribution in [0.5, 0.6) is 0 Å². The van der Waals surface area contributed by atoms with Gasteiger partial charge in [-0.1, -0.05) is 111 Å². The molecular formula is C34H42N2O2. The zero-order valence-corrected chi connectivity index (χ0v) is 23.0. The first kappa shape index (κ1) is 27.6. The van der Waals surface area contributed by atoms with Crippen molar-refractivity contribution in [2.24, 2.45) is 0 Å². The average molecular weight is 511 g/mol. The van der Waals surface area contributed by atoms with Crippen LogP contribution in [0.25, 0.3) is 0 Å². The summed E-state index contributed by atoms with van der Waals surface area (Å²) in [5, 5.41) is 3.32. The lowest BCUT2D eigenvalue weighted by Crippen LogP contribution is -2.52. The SMILES string of the molecule is CCc1ccc(CCC(=O)N(Cc2ccc(C)cc2)[C@H](Cc2ccccc2)C(=O)NC2CCCCC2)cc1. The summed E-state index contributed by atoms with van der Waals surface area (Å²) in [5.74, 6) is -0.0154. The van der Waals surface area contributed by atoms with E-state index in [4.69, 9.17) is 0 Å². The Morgan fingerprint density at radius 2 is 1.45 bits per heavy atom. The fourth-order valence-corrected chi connectivity index (χ4v) is 5.32. The van der Waals surface area contributed by atoms with E-state index in [1.807, 2.05) is 35.2 Å². The van der Waals surface area contributed by atoms with Crippen LogP contribution in [-0.2, 0) is 35.4 Å². The molecule has 1 fully saturated rings. The van der Waals surface area contributed by atoms with Gasteiger partial charge in [0.05, 0.1) is 0 Å². The molecule has 200 valence electrons. The van der Waals surface area contributed by atoms with Crippen molar-refractivity contribution in [3.63, 3.8) is 0 Å². The summed E-state index contributed by atoms with van der Waals surface area (Å²) >= 11 is 0. The number of benzene rings is 3. The van der Waals surface area contributed by atoms with Crippen molar-refractivity contribution in [1.29, 1.82) is 0 Å². The van der Waals surface area contributed by atoms with Gasteiger partial charge in [0.1, 0.15) is 6.04 Å². The lowest BCUT2D eigenvalue weighted by atomic mass is 9.94. The van der Waals surface area contributed by atoms with E-state index in [9.17, 15) is 9.59 Å². The third kappa shape index (κ3) is 8.05. The Morgan fingerprint density at radius 3 is 2.11 bits per heavy atom. The number of hydrogen-bond acceptors (Lipinski definition) is 2. The maximum absolute atomic E-state index is 13.9. The van der Waals surface area contributed by atoms with Gasteiger partial charge in [-0.15, -0.1) is 0 Å². The molecule has 1 aliphatic carbocycles. The number of rotatable bonds is 11. The minimum atomic E-state index is -0.560. The second-order valence-corrected chi connectivity index (χ2v) is 10.7. The van der Waals surface area contributed by atoms with Crippen molar-refractivity contribution in [3.05, 3.63) is 107 Å². The van der Waals surface area contributed by atoms with E-state index >= 15 is 0 Å². The summed E-state index contributed by atoms with van der Waals surface area (Å²) in [7, 11) is 0. The first-order valence-corrected chi connectivity index (χ1v) is 14.3. The Hall–Kier alpha value is -3.40. The lowest BCUT2D eigenvalue weighted by molar-refractivity contribution is -0.141. The Morgan fingerprint density at radius 1 is 0.816 bits per heavy atom. The van der Waals surface area contributed by atoms with Gasteiger partial charge < -0.3 is 10.2 Å². The van der Waals surface area contributed by atoms with Gasteiger partial charge in [-0.2, -0.15) is 0 Å². The molecule has 3 aromatic rings. The molecular weight excluding hydrogens is 468 g/mol. The number of amides is 2. The van der Waals surface area contributed by atoms with E-state index in [2.05, 4.69) is 67.7 Å². The number of carbonyl (C=O) groups excluding carboxylic acids is 2. The first-order valence-electron chi connectivity index (χ1n) is 14.3. The fourth-order valence-electron chi connectivity index (χ4n) is 5.32. The van der Waals surface area contributed by atoms with Crippen molar-refractivity contribution < 1.29 is 9.59 Å². The van der Waals surface area contributed by atoms with E-state index in [0.717, 1.165) is 48.8 Å². The van der Waals surface area contributed by atoms with Crippen molar-refractivity contribution in [2.75, 3.05) is 0 Å². The summed E-state index contributed by atoms with van der Waals surface area (Å²) in [4.78, 5) is 29.6. The van der Waals surface area contributed by atoms with Crippen LogP contribution in [0.15, 0.2) is 78.9 Å². The molecule has 0 radical (unpaired) electrons. The number of hydrogen-bond donors (Lipinski definition) is 1. The van der Waals surface area contributed by atoms with Gasteiger partial charge in [0.25, 0.3) is 0 Å². The highest BCUT2D eigenvalue weighted by molar-refractivity contribution is 5.88. The van der Waals surface area contributed by atoms with Crippen LogP contribution in [0.2, 0.25) is 0 Å². The molecule has 0 spiro atoms. The van der Waals surface area contributed by atoms with Gasteiger partial charge in [0.15, 0.2) is 0 Å². The second kappa shape index (κ2) is 13.9. The molecule has 0 aliphatic heterocycles. The van der Waals surface area contributed by atoms with Gasteiger partial charge in [0, 0.05) is 25.4 Å². The number of nitrogens with one attached hydrogen (secondary N) is 1. The highest BCUT2D eigenvalue weighted by Crippen LogP contribution is 2.21. The van der Waals surface area contributed by atoms with Crippen LogP contribution in [0.1, 0.15) is 73.3 Å². The summed E-state index contributed by atoms with van der Waals surface area (Å²) in [5.41, 5.74) is 5.73. The van der Waals surface area contributed by atoms with Crippen molar-refractivity contribution >= 4 is 11.8 Å². The zero-order chi connectivity index (χ0) is 26.7. The standard InChI is InChI=1S/C34H42N2O2/c1-3-27-18-20-28(21-19-27)22-23-33(37)36(25-30-16-14-26(2)15-17-30)32(24-29-10-6-4-7-11-29)34(38)35-31-12-8-5-9-13-31/h4,6-7,10-11,14-21,31-32H,3,5,8-9,12-13,22-25H2,1-2H3,(H,35,38)/t32-/m1/s1. The molecule has 0 bridgehead atoms. The molecule has 4 rings (SSSR count). The van der Waals surface area contributed by atoms with E-state index in [1.54, 1.807) is 0 Å². The largest absolute Gasteiger partial charge is 0.352 e. The van der Waals surface area contributed by atoms with Crippen LogP contribution in [0.3, 0.4) is 0 Å². The predicted molar refractivity (Wildman–Crippen MR) is 155 cm³/mol. The second-order valence-electron chi connectivity index (χ2n) is 10.7. The highest BCUT2D eigenvalue weighted by atomic mass is 16.2. The highest BCUT2D eigenvalue weighted by Gasteiger charge is 2.31. The maximum Gasteiger partial charge on any atom is 0.243 e. The Bertz CT molecular complexity index is 1150. The van der Waals surface area contributed by atoms with Gasteiger partial charge in [-0.25, -0.2) is 0 Å². The summed E-state index contributed by atoms with van der Waals surface area (Å²) < 4.78 is 0. The van der Waals surface area contributed by atoms with Crippen molar-refractivity contribution in [3.8, 4) is 0 Å². The van der Waals surface area contributed by atoms with Gasteiger partial charge in [-0.05, 0) is 54.9 Å². The first-order chi connectivity index (χ1) is 18.5. The van der Waals surface area contributed by atoms with Crippen LogP contribution >= 0.6 is 0 Å². The van der Waals surface area contributed by atoms with E-state index in [0.29, 0.717) is 25.8 Å². The molecule has 0 aromatic heterocycles. The van der Waals surface area contributed by atoms with E-state index in [1.165, 1.54) is 17.5 Å². The summed E-state index contributed by atoms with van der Waals surface area (Å²) in [6.07, 6.45) is 8.11. The van der Waals surface area contributed by atoms with Crippen LogP contribution in [0, 0.1) is 6.92 Å². The topological polar surface area (TPSA) is 49.4 Å². The molecule has 3 aromatic carbocycles. The summed E-state index contributed by atoms with van der Waals surface area (Å²) in [6.45, 7) is 4.63. The van der Waals surface area contributed by atoms with Crippen LogP contribution in [0.4, 0.5) is 0 Å². The zero-order valence-electron chi connectivity index (χ0n) is 23.0. The number of carbonyl (C=O) groups is 2. The van der Waals surface area contributed by atoms with Gasteiger partial charge in [-0.3, -0.25) is 9.59 Å². The third-order valence-electron chi connectivity index (χ3n) is 7.75. The number of nitrogens with zero attached hydrogens (tertiary/aromatic N) is 1. The smallest absolute Gasteiger partial charge is 0.243 e.